The summed E-state index contributed by atoms with van der Waals surface area (Å²) >= 11 is 0. The third-order valence-corrected chi connectivity index (χ3v) is 2.69. The molecule has 0 aromatic heterocycles. The highest BCUT2D eigenvalue weighted by atomic mass is 19.3. The maximum Gasteiger partial charge on any atom is 0.307 e. The summed E-state index contributed by atoms with van der Waals surface area (Å²) in [6.45, 7) is 0. The number of carboxylic acid groups (broad SMARTS) is 1. The number of carboxylic acids is 1. The van der Waals surface area contributed by atoms with E-state index in [1.807, 2.05) is 0 Å². The third-order valence-electron chi connectivity index (χ3n) is 2.69. The van der Waals surface area contributed by atoms with Crippen molar-refractivity contribution in [1.82, 2.24) is 0 Å². The highest BCUT2D eigenvalue weighted by Gasteiger charge is 2.65. The zero-order valence-corrected chi connectivity index (χ0v) is 5.76. The van der Waals surface area contributed by atoms with Gasteiger partial charge in [0.2, 0.25) is 5.92 Å². The van der Waals surface area contributed by atoms with E-state index in [0.717, 1.165) is 0 Å². The fourth-order valence-corrected chi connectivity index (χ4v) is 2.14. The van der Waals surface area contributed by atoms with E-state index in [2.05, 4.69) is 0 Å². The molecule has 0 radical (unpaired) electrons. The maximum absolute atomic E-state index is 12.5. The van der Waals surface area contributed by atoms with Crippen molar-refractivity contribution in [2.75, 3.05) is 0 Å². The lowest BCUT2D eigenvalue weighted by Gasteiger charge is -2.10. The smallest absolute Gasteiger partial charge is 0.307 e. The number of hydrogen-bond donors (Lipinski definition) is 1. The van der Waals surface area contributed by atoms with Gasteiger partial charge in [-0.25, -0.2) is 8.78 Å². The summed E-state index contributed by atoms with van der Waals surface area (Å²) in [6, 6.07) is 0. The topological polar surface area (TPSA) is 37.3 Å². The van der Waals surface area contributed by atoms with Crippen LogP contribution in [0.25, 0.3) is 0 Å². The van der Waals surface area contributed by atoms with Gasteiger partial charge in [-0.15, -0.1) is 0 Å². The highest BCUT2D eigenvalue weighted by Crippen LogP contribution is 2.62. The summed E-state index contributed by atoms with van der Waals surface area (Å²) in [6.07, 6.45) is -0.427. The number of fused-ring (bicyclic) bond motifs is 1. The van der Waals surface area contributed by atoms with Gasteiger partial charge in [0, 0.05) is 12.8 Å². The average Bonchev–Trinajstić information content (AvgIpc) is 2.31. The molecular formula is C7H8F2O2. The first-order valence-electron chi connectivity index (χ1n) is 3.62. The molecule has 2 unspecified atom stereocenters. The van der Waals surface area contributed by atoms with Gasteiger partial charge in [0.15, 0.2) is 0 Å². The van der Waals surface area contributed by atoms with Gasteiger partial charge >= 0.3 is 5.97 Å². The van der Waals surface area contributed by atoms with Crippen LogP contribution in [-0.2, 0) is 4.79 Å². The summed E-state index contributed by atoms with van der Waals surface area (Å²) in [5.41, 5.74) is 0. The Hall–Kier alpha value is -0.670. The van der Waals surface area contributed by atoms with Crippen LogP contribution in [0.15, 0.2) is 0 Å². The van der Waals surface area contributed by atoms with E-state index in [1.165, 1.54) is 0 Å². The predicted octanol–water partition coefficient (Wildman–Crippen LogP) is 1.36. The van der Waals surface area contributed by atoms with Crippen LogP contribution in [0.2, 0.25) is 0 Å². The lowest BCUT2D eigenvalue weighted by atomic mass is 10.1. The number of carbonyl (C=O) groups is 1. The standard InChI is InChI=1S/C7H8F2O2/c8-7(9)1-3-4(2-7)5(3)6(10)11/h3-5H,1-2H2,(H,10,11). The van der Waals surface area contributed by atoms with Crippen LogP contribution in [0.1, 0.15) is 12.8 Å². The van der Waals surface area contributed by atoms with Crippen LogP contribution in [0, 0.1) is 17.8 Å². The molecule has 2 aliphatic carbocycles. The zero-order valence-electron chi connectivity index (χ0n) is 5.76. The predicted molar refractivity (Wildman–Crippen MR) is 32.3 cm³/mol. The summed E-state index contributed by atoms with van der Waals surface area (Å²) in [5.74, 6) is -4.42. The van der Waals surface area contributed by atoms with E-state index in [4.69, 9.17) is 5.11 Å². The van der Waals surface area contributed by atoms with Crippen LogP contribution in [0.3, 0.4) is 0 Å². The maximum atomic E-state index is 12.5. The quantitative estimate of drug-likeness (QED) is 0.632. The van der Waals surface area contributed by atoms with Gasteiger partial charge in [0.1, 0.15) is 0 Å². The number of halogens is 2. The summed E-state index contributed by atoms with van der Waals surface area (Å²) in [7, 11) is 0. The first-order valence-corrected chi connectivity index (χ1v) is 3.62. The van der Waals surface area contributed by atoms with Crippen molar-refractivity contribution in [2.24, 2.45) is 17.8 Å². The Morgan fingerprint density at radius 3 is 2.18 bits per heavy atom. The SMILES string of the molecule is O=C(O)C1C2CC(F)(F)CC21. The van der Waals surface area contributed by atoms with Crippen LogP contribution in [-0.4, -0.2) is 17.0 Å². The number of alkyl halides is 2. The molecule has 0 saturated heterocycles. The van der Waals surface area contributed by atoms with Crippen molar-refractivity contribution in [1.29, 1.82) is 0 Å². The monoisotopic (exact) mass is 162 g/mol. The Bertz CT molecular complexity index is 200. The molecule has 11 heavy (non-hydrogen) atoms. The Morgan fingerprint density at radius 2 is 1.82 bits per heavy atom. The zero-order chi connectivity index (χ0) is 8.22. The Balaban J connectivity index is 2.01. The van der Waals surface area contributed by atoms with Crippen molar-refractivity contribution < 1.29 is 18.7 Å². The molecule has 0 aliphatic heterocycles. The van der Waals surface area contributed by atoms with E-state index in [9.17, 15) is 13.6 Å². The normalized spacial score (nSPS) is 45.1. The molecule has 2 aliphatic rings. The average molecular weight is 162 g/mol. The molecule has 0 bridgehead atoms. The Kier molecular flexibility index (Phi) is 1.10. The number of aliphatic carboxylic acids is 1. The number of rotatable bonds is 1. The van der Waals surface area contributed by atoms with E-state index in [1.54, 1.807) is 0 Å². The largest absolute Gasteiger partial charge is 0.481 e. The molecule has 0 heterocycles. The van der Waals surface area contributed by atoms with E-state index in [-0.39, 0.29) is 24.7 Å². The Morgan fingerprint density at radius 1 is 1.36 bits per heavy atom. The molecule has 2 fully saturated rings. The van der Waals surface area contributed by atoms with Crippen LogP contribution in [0.4, 0.5) is 8.78 Å². The van der Waals surface area contributed by atoms with Crippen molar-refractivity contribution in [3.63, 3.8) is 0 Å². The molecule has 2 atom stereocenters. The van der Waals surface area contributed by atoms with Crippen molar-refractivity contribution in [2.45, 2.75) is 18.8 Å². The van der Waals surface area contributed by atoms with Crippen LogP contribution < -0.4 is 0 Å². The lowest BCUT2D eigenvalue weighted by Crippen LogP contribution is -2.17. The van der Waals surface area contributed by atoms with Crippen LogP contribution in [0.5, 0.6) is 0 Å². The first-order chi connectivity index (χ1) is 5.01. The minimum absolute atomic E-state index is 0.214. The molecule has 0 spiro atoms. The van der Waals surface area contributed by atoms with Gasteiger partial charge < -0.3 is 5.11 Å². The van der Waals surface area contributed by atoms with Gasteiger partial charge in [-0.1, -0.05) is 0 Å². The molecule has 2 rings (SSSR count). The molecule has 2 saturated carbocycles. The van der Waals surface area contributed by atoms with Crippen molar-refractivity contribution in [3.8, 4) is 0 Å². The minimum Gasteiger partial charge on any atom is -0.481 e. The van der Waals surface area contributed by atoms with Gasteiger partial charge in [-0.2, -0.15) is 0 Å². The molecule has 0 amide bonds. The second-order valence-electron chi connectivity index (χ2n) is 3.46. The summed E-state index contributed by atoms with van der Waals surface area (Å²) in [5, 5.41) is 8.48. The molecule has 0 aromatic carbocycles. The van der Waals surface area contributed by atoms with E-state index in [0.29, 0.717) is 0 Å². The fourth-order valence-electron chi connectivity index (χ4n) is 2.14. The number of hydrogen-bond acceptors (Lipinski definition) is 1. The Labute approximate surface area is 62.2 Å². The summed E-state index contributed by atoms with van der Waals surface area (Å²) in [4.78, 5) is 10.3. The van der Waals surface area contributed by atoms with Gasteiger partial charge in [0.25, 0.3) is 0 Å². The molecule has 4 heteroatoms. The lowest BCUT2D eigenvalue weighted by molar-refractivity contribution is -0.140. The molecular weight excluding hydrogens is 154 g/mol. The molecule has 0 aromatic rings. The summed E-state index contributed by atoms with van der Waals surface area (Å²) < 4.78 is 24.9. The van der Waals surface area contributed by atoms with Gasteiger partial charge in [-0.05, 0) is 11.8 Å². The van der Waals surface area contributed by atoms with Crippen LogP contribution >= 0.6 is 0 Å². The van der Waals surface area contributed by atoms with Crippen molar-refractivity contribution in [3.05, 3.63) is 0 Å². The second kappa shape index (κ2) is 1.73. The van der Waals surface area contributed by atoms with Gasteiger partial charge in [0.05, 0.1) is 5.92 Å². The van der Waals surface area contributed by atoms with Gasteiger partial charge in [-0.3, -0.25) is 4.79 Å². The molecule has 62 valence electrons. The second-order valence-corrected chi connectivity index (χ2v) is 3.46. The van der Waals surface area contributed by atoms with Crippen molar-refractivity contribution >= 4 is 5.97 Å². The molecule has 1 N–H and O–H groups in total. The molecule has 2 nitrogen and oxygen atoms in total. The van der Waals surface area contributed by atoms with E-state index >= 15 is 0 Å². The first kappa shape index (κ1) is 7.00. The fraction of sp³-hybridized carbons (Fsp3) is 0.857. The minimum atomic E-state index is -2.58. The van der Waals surface area contributed by atoms with E-state index < -0.39 is 17.8 Å². The third kappa shape index (κ3) is 0.921. The highest BCUT2D eigenvalue weighted by molar-refractivity contribution is 5.74.